The highest BCUT2D eigenvalue weighted by Gasteiger charge is 2.14. The standard InChI is InChI=1S/C23H22N6/c1-6-17-7-9-18(10-8-17)25-23-27-21(20-22(28-23)29(5)13-24-20)26-19-15(3)11-14(2)12-16(19)4/h1,7-13H,2-5H3,(H2,25,26,27,28). The fourth-order valence-corrected chi connectivity index (χ4v) is 3.42. The van der Waals surface area contributed by atoms with Crippen LogP contribution in [0.4, 0.5) is 23.1 Å². The number of rotatable bonds is 4. The molecule has 0 saturated carbocycles. The van der Waals surface area contributed by atoms with Gasteiger partial charge in [0.25, 0.3) is 0 Å². The van der Waals surface area contributed by atoms with Crippen molar-refractivity contribution in [2.45, 2.75) is 20.8 Å². The average molecular weight is 382 g/mol. The van der Waals surface area contributed by atoms with Gasteiger partial charge in [0, 0.05) is 24.0 Å². The molecule has 2 aromatic carbocycles. The van der Waals surface area contributed by atoms with Gasteiger partial charge in [-0.05, 0) is 56.2 Å². The van der Waals surface area contributed by atoms with Crippen molar-refractivity contribution in [1.82, 2.24) is 19.5 Å². The van der Waals surface area contributed by atoms with Crippen LogP contribution < -0.4 is 10.6 Å². The van der Waals surface area contributed by atoms with Crippen LogP contribution in [-0.2, 0) is 7.05 Å². The Morgan fingerprint density at radius 1 is 0.966 bits per heavy atom. The molecule has 2 N–H and O–H groups in total. The summed E-state index contributed by atoms with van der Waals surface area (Å²) in [5, 5.41) is 6.73. The van der Waals surface area contributed by atoms with Crippen LogP contribution in [0, 0.1) is 33.1 Å². The van der Waals surface area contributed by atoms with E-state index in [4.69, 9.17) is 11.4 Å². The Morgan fingerprint density at radius 3 is 2.31 bits per heavy atom. The minimum Gasteiger partial charge on any atom is -0.338 e. The second-order valence-corrected chi connectivity index (χ2v) is 7.17. The maximum Gasteiger partial charge on any atom is 0.231 e. The zero-order chi connectivity index (χ0) is 20.5. The van der Waals surface area contributed by atoms with Crippen molar-refractivity contribution < 1.29 is 0 Å². The summed E-state index contributed by atoms with van der Waals surface area (Å²) in [5.74, 6) is 3.76. The van der Waals surface area contributed by atoms with Crippen molar-refractivity contribution in [3.05, 3.63) is 65.0 Å². The second kappa shape index (κ2) is 7.28. The minimum atomic E-state index is 0.486. The highest BCUT2D eigenvalue weighted by molar-refractivity contribution is 5.87. The van der Waals surface area contributed by atoms with Gasteiger partial charge in [0.15, 0.2) is 17.0 Å². The molecule has 0 aliphatic rings. The van der Waals surface area contributed by atoms with E-state index in [0.29, 0.717) is 11.8 Å². The molecule has 0 amide bonds. The van der Waals surface area contributed by atoms with Gasteiger partial charge in [-0.1, -0.05) is 23.6 Å². The number of hydrogen-bond acceptors (Lipinski definition) is 5. The molecule has 0 saturated heterocycles. The number of fused-ring (bicyclic) bond motifs is 1. The first-order chi connectivity index (χ1) is 13.9. The molecule has 0 radical (unpaired) electrons. The third kappa shape index (κ3) is 3.63. The molecule has 0 aliphatic carbocycles. The molecule has 2 aromatic heterocycles. The predicted octanol–water partition coefficient (Wildman–Crippen LogP) is 4.76. The van der Waals surface area contributed by atoms with Crippen molar-refractivity contribution in [2.75, 3.05) is 10.6 Å². The topological polar surface area (TPSA) is 67.7 Å². The van der Waals surface area contributed by atoms with E-state index in [-0.39, 0.29) is 0 Å². The van der Waals surface area contributed by atoms with Gasteiger partial charge in [0.05, 0.1) is 6.33 Å². The van der Waals surface area contributed by atoms with Crippen LogP contribution >= 0.6 is 0 Å². The number of nitrogens with one attached hydrogen (secondary N) is 2. The number of nitrogens with zero attached hydrogens (tertiary/aromatic N) is 4. The first-order valence-electron chi connectivity index (χ1n) is 9.32. The fraction of sp³-hybridized carbons (Fsp3) is 0.174. The van der Waals surface area contributed by atoms with Gasteiger partial charge < -0.3 is 15.2 Å². The highest BCUT2D eigenvalue weighted by atomic mass is 15.2. The van der Waals surface area contributed by atoms with Gasteiger partial charge in [-0.2, -0.15) is 9.97 Å². The van der Waals surface area contributed by atoms with E-state index in [1.807, 2.05) is 35.9 Å². The Hall–Kier alpha value is -3.85. The third-order valence-electron chi connectivity index (χ3n) is 4.79. The largest absolute Gasteiger partial charge is 0.338 e. The number of hydrogen-bond donors (Lipinski definition) is 2. The van der Waals surface area contributed by atoms with Crippen molar-refractivity contribution in [3.8, 4) is 12.3 Å². The molecule has 29 heavy (non-hydrogen) atoms. The van der Waals surface area contributed by atoms with E-state index in [2.05, 4.69) is 59.4 Å². The van der Waals surface area contributed by atoms with Crippen LogP contribution in [0.15, 0.2) is 42.7 Å². The molecule has 6 heteroatoms. The van der Waals surface area contributed by atoms with Crippen LogP contribution in [0.25, 0.3) is 11.2 Å². The monoisotopic (exact) mass is 382 g/mol. The van der Waals surface area contributed by atoms with Crippen LogP contribution in [-0.4, -0.2) is 19.5 Å². The molecule has 144 valence electrons. The summed E-state index contributed by atoms with van der Waals surface area (Å²) in [6.45, 7) is 6.27. The van der Waals surface area contributed by atoms with Gasteiger partial charge in [-0.25, -0.2) is 4.98 Å². The van der Waals surface area contributed by atoms with E-state index < -0.39 is 0 Å². The highest BCUT2D eigenvalue weighted by Crippen LogP contribution is 2.29. The lowest BCUT2D eigenvalue weighted by Gasteiger charge is -2.15. The molecule has 4 aromatic rings. The Bertz CT molecular complexity index is 1220. The zero-order valence-electron chi connectivity index (χ0n) is 16.9. The molecule has 0 spiro atoms. The van der Waals surface area contributed by atoms with Gasteiger partial charge in [-0.3, -0.25) is 0 Å². The van der Waals surface area contributed by atoms with Crippen molar-refractivity contribution in [3.63, 3.8) is 0 Å². The maximum atomic E-state index is 5.43. The van der Waals surface area contributed by atoms with Gasteiger partial charge in [0.2, 0.25) is 5.95 Å². The summed E-state index contributed by atoms with van der Waals surface area (Å²) in [4.78, 5) is 13.8. The lowest BCUT2D eigenvalue weighted by molar-refractivity contribution is 0.929. The van der Waals surface area contributed by atoms with E-state index in [1.165, 1.54) is 5.56 Å². The third-order valence-corrected chi connectivity index (χ3v) is 4.79. The molecule has 4 rings (SSSR count). The Morgan fingerprint density at radius 2 is 1.66 bits per heavy atom. The Kier molecular flexibility index (Phi) is 4.65. The Balaban J connectivity index is 1.76. The summed E-state index contributed by atoms with van der Waals surface area (Å²) < 4.78 is 1.88. The van der Waals surface area contributed by atoms with E-state index >= 15 is 0 Å². The SMILES string of the molecule is C#Cc1ccc(Nc2nc(Nc3c(C)cc(C)cc3C)c3ncn(C)c3n2)cc1. The fourth-order valence-electron chi connectivity index (χ4n) is 3.42. The van der Waals surface area contributed by atoms with Gasteiger partial charge in [0.1, 0.15) is 0 Å². The lowest BCUT2D eigenvalue weighted by atomic mass is 10.1. The van der Waals surface area contributed by atoms with Crippen LogP contribution in [0.5, 0.6) is 0 Å². The van der Waals surface area contributed by atoms with Crippen LogP contribution in [0.2, 0.25) is 0 Å². The molecule has 2 heterocycles. The van der Waals surface area contributed by atoms with E-state index in [1.54, 1.807) is 6.33 Å². The molecule has 0 unspecified atom stereocenters. The minimum absolute atomic E-state index is 0.486. The number of imidazole rings is 1. The molecular weight excluding hydrogens is 360 g/mol. The lowest BCUT2D eigenvalue weighted by Crippen LogP contribution is -2.05. The second-order valence-electron chi connectivity index (χ2n) is 7.17. The summed E-state index contributed by atoms with van der Waals surface area (Å²) in [5.41, 5.74) is 7.73. The summed E-state index contributed by atoms with van der Waals surface area (Å²) >= 11 is 0. The molecule has 6 nitrogen and oxygen atoms in total. The van der Waals surface area contributed by atoms with Gasteiger partial charge in [-0.15, -0.1) is 6.42 Å². The van der Waals surface area contributed by atoms with Crippen LogP contribution in [0.1, 0.15) is 22.3 Å². The molecular formula is C23H22N6. The number of aryl methyl sites for hydroxylation is 4. The number of terminal acetylenes is 1. The normalized spacial score (nSPS) is 10.7. The number of anilines is 4. The summed E-state index contributed by atoms with van der Waals surface area (Å²) in [6, 6.07) is 11.9. The van der Waals surface area contributed by atoms with Crippen molar-refractivity contribution >= 4 is 34.3 Å². The molecule has 0 bridgehead atoms. The van der Waals surface area contributed by atoms with Gasteiger partial charge >= 0.3 is 0 Å². The van der Waals surface area contributed by atoms with Crippen molar-refractivity contribution in [2.24, 2.45) is 7.05 Å². The van der Waals surface area contributed by atoms with Crippen molar-refractivity contribution in [1.29, 1.82) is 0 Å². The molecule has 0 fully saturated rings. The first-order valence-corrected chi connectivity index (χ1v) is 9.32. The zero-order valence-corrected chi connectivity index (χ0v) is 16.9. The Labute approximate surface area is 170 Å². The average Bonchev–Trinajstić information content (AvgIpc) is 3.06. The summed E-state index contributed by atoms with van der Waals surface area (Å²) in [6.07, 6.45) is 7.17. The molecule has 0 aliphatic heterocycles. The molecule has 0 atom stereocenters. The number of aromatic nitrogens is 4. The predicted molar refractivity (Wildman–Crippen MR) is 118 cm³/mol. The van der Waals surface area contributed by atoms with E-state index in [9.17, 15) is 0 Å². The summed E-state index contributed by atoms with van der Waals surface area (Å²) in [7, 11) is 1.92. The quantitative estimate of drug-likeness (QED) is 0.498. The smallest absolute Gasteiger partial charge is 0.231 e. The first kappa shape index (κ1) is 18.5. The van der Waals surface area contributed by atoms with Crippen LogP contribution in [0.3, 0.4) is 0 Å². The maximum absolute atomic E-state index is 5.43. The van der Waals surface area contributed by atoms with E-state index in [0.717, 1.165) is 39.2 Å². The number of benzene rings is 2.